The first-order chi connectivity index (χ1) is 8.08. The van der Waals surface area contributed by atoms with Gasteiger partial charge >= 0.3 is 0 Å². The highest BCUT2D eigenvalue weighted by molar-refractivity contribution is 5.92. The van der Waals surface area contributed by atoms with Crippen molar-refractivity contribution in [3.05, 3.63) is 24.0 Å². The summed E-state index contributed by atoms with van der Waals surface area (Å²) < 4.78 is 18.2. The largest absolute Gasteiger partial charge is 0.494 e. The van der Waals surface area contributed by atoms with Gasteiger partial charge in [0.25, 0.3) is 0 Å². The number of hydrogen-bond donors (Lipinski definition) is 2. The molecular formula is C12H17FN2O2. The number of halogens is 1. The number of amides is 1. The molecule has 1 aromatic carbocycles. The monoisotopic (exact) mass is 240 g/mol. The Balaban J connectivity index is 2.69. The fourth-order valence-electron chi connectivity index (χ4n) is 1.41. The van der Waals surface area contributed by atoms with E-state index >= 15 is 0 Å². The van der Waals surface area contributed by atoms with E-state index < -0.39 is 5.82 Å². The van der Waals surface area contributed by atoms with Crippen molar-refractivity contribution in [2.75, 3.05) is 26.0 Å². The molecule has 94 valence electrons. The summed E-state index contributed by atoms with van der Waals surface area (Å²) in [5.74, 6) is -0.660. The van der Waals surface area contributed by atoms with Crippen molar-refractivity contribution < 1.29 is 13.9 Å². The third-order valence-electron chi connectivity index (χ3n) is 2.38. The fraction of sp³-hybridized carbons (Fsp3) is 0.417. The minimum Gasteiger partial charge on any atom is -0.494 e. The molecular weight excluding hydrogens is 223 g/mol. The second kappa shape index (κ2) is 6.20. The zero-order valence-electron chi connectivity index (χ0n) is 10.2. The smallest absolute Gasteiger partial charge is 0.228 e. The van der Waals surface area contributed by atoms with Crippen LogP contribution in [-0.2, 0) is 4.79 Å². The molecule has 0 heterocycles. The number of hydrogen-bond acceptors (Lipinski definition) is 3. The van der Waals surface area contributed by atoms with E-state index in [0.717, 1.165) is 0 Å². The van der Waals surface area contributed by atoms with Crippen molar-refractivity contribution >= 4 is 11.6 Å². The van der Waals surface area contributed by atoms with Gasteiger partial charge in [0, 0.05) is 24.2 Å². The van der Waals surface area contributed by atoms with Crippen LogP contribution in [0.15, 0.2) is 18.2 Å². The lowest BCUT2D eigenvalue weighted by atomic mass is 10.1. The van der Waals surface area contributed by atoms with Gasteiger partial charge in [-0.25, -0.2) is 4.39 Å². The number of nitrogens with one attached hydrogen (secondary N) is 2. The normalized spacial score (nSPS) is 12.0. The molecule has 17 heavy (non-hydrogen) atoms. The molecule has 0 saturated heterocycles. The predicted molar refractivity (Wildman–Crippen MR) is 64.7 cm³/mol. The SMILES string of the molecule is CNCC(C)C(=O)Nc1ccc(OC)c(F)c1. The van der Waals surface area contributed by atoms with E-state index in [4.69, 9.17) is 4.74 Å². The first-order valence-corrected chi connectivity index (χ1v) is 5.37. The minimum absolute atomic E-state index is 0.149. The van der Waals surface area contributed by atoms with E-state index in [1.165, 1.54) is 19.2 Å². The van der Waals surface area contributed by atoms with Gasteiger partial charge < -0.3 is 15.4 Å². The minimum atomic E-state index is -0.494. The average molecular weight is 240 g/mol. The molecule has 0 aliphatic rings. The summed E-state index contributed by atoms with van der Waals surface area (Å²) in [6, 6.07) is 4.32. The Morgan fingerprint density at radius 2 is 2.24 bits per heavy atom. The van der Waals surface area contributed by atoms with Gasteiger partial charge in [-0.05, 0) is 19.2 Å². The van der Waals surface area contributed by atoms with E-state index in [1.54, 1.807) is 20.0 Å². The van der Waals surface area contributed by atoms with Gasteiger partial charge in [-0.1, -0.05) is 6.92 Å². The molecule has 1 amide bonds. The number of rotatable bonds is 5. The van der Waals surface area contributed by atoms with E-state index in [9.17, 15) is 9.18 Å². The molecule has 0 bridgehead atoms. The van der Waals surface area contributed by atoms with E-state index in [2.05, 4.69) is 10.6 Å². The van der Waals surface area contributed by atoms with Gasteiger partial charge in [0.1, 0.15) is 0 Å². The molecule has 0 aliphatic carbocycles. The van der Waals surface area contributed by atoms with Gasteiger partial charge in [-0.3, -0.25) is 4.79 Å². The van der Waals surface area contributed by atoms with Crippen molar-refractivity contribution in [1.29, 1.82) is 0 Å². The number of carbonyl (C=O) groups is 1. The fourth-order valence-corrected chi connectivity index (χ4v) is 1.41. The Hall–Kier alpha value is -1.62. The molecule has 4 nitrogen and oxygen atoms in total. The topological polar surface area (TPSA) is 50.4 Å². The van der Waals surface area contributed by atoms with Gasteiger partial charge in [0.15, 0.2) is 11.6 Å². The van der Waals surface area contributed by atoms with E-state index in [-0.39, 0.29) is 17.6 Å². The highest BCUT2D eigenvalue weighted by Crippen LogP contribution is 2.20. The summed E-state index contributed by atoms with van der Waals surface area (Å²) in [5, 5.41) is 5.55. The molecule has 1 rings (SSSR count). The molecule has 5 heteroatoms. The van der Waals surface area contributed by atoms with Gasteiger partial charge in [-0.2, -0.15) is 0 Å². The van der Waals surface area contributed by atoms with Crippen LogP contribution >= 0.6 is 0 Å². The highest BCUT2D eigenvalue weighted by Gasteiger charge is 2.12. The lowest BCUT2D eigenvalue weighted by Gasteiger charge is -2.12. The second-order valence-corrected chi connectivity index (χ2v) is 3.80. The Bertz CT molecular complexity index is 396. The summed E-state index contributed by atoms with van der Waals surface area (Å²) in [6.45, 7) is 2.37. The van der Waals surface area contributed by atoms with Crippen LogP contribution in [0.25, 0.3) is 0 Å². The van der Waals surface area contributed by atoms with Gasteiger partial charge in [-0.15, -0.1) is 0 Å². The van der Waals surface area contributed by atoms with Crippen LogP contribution in [0.3, 0.4) is 0 Å². The van der Waals surface area contributed by atoms with E-state index in [1.807, 2.05) is 0 Å². The van der Waals surface area contributed by atoms with Crippen molar-refractivity contribution in [2.45, 2.75) is 6.92 Å². The molecule has 0 radical (unpaired) electrons. The number of anilines is 1. The highest BCUT2D eigenvalue weighted by atomic mass is 19.1. The molecule has 0 saturated carbocycles. The third kappa shape index (κ3) is 3.71. The first kappa shape index (κ1) is 13.4. The summed E-state index contributed by atoms with van der Waals surface area (Å²) >= 11 is 0. The summed E-state index contributed by atoms with van der Waals surface area (Å²) in [4.78, 5) is 11.7. The van der Waals surface area contributed by atoms with Crippen LogP contribution in [0.1, 0.15) is 6.92 Å². The lowest BCUT2D eigenvalue weighted by molar-refractivity contribution is -0.119. The number of carbonyl (C=O) groups excluding carboxylic acids is 1. The van der Waals surface area contributed by atoms with Crippen molar-refractivity contribution in [1.82, 2.24) is 5.32 Å². The van der Waals surface area contributed by atoms with E-state index in [0.29, 0.717) is 12.2 Å². The van der Waals surface area contributed by atoms with Gasteiger partial charge in [0.2, 0.25) is 5.91 Å². The quantitative estimate of drug-likeness (QED) is 0.822. The Morgan fingerprint density at radius 1 is 1.53 bits per heavy atom. The summed E-state index contributed by atoms with van der Waals surface area (Å²) in [5.41, 5.74) is 0.427. The third-order valence-corrected chi connectivity index (χ3v) is 2.38. The van der Waals surface area contributed by atoms with Crippen LogP contribution in [-0.4, -0.2) is 26.6 Å². The molecule has 0 aliphatic heterocycles. The molecule has 0 aromatic heterocycles. The number of ether oxygens (including phenoxy) is 1. The second-order valence-electron chi connectivity index (χ2n) is 3.80. The lowest BCUT2D eigenvalue weighted by Crippen LogP contribution is -2.28. The first-order valence-electron chi connectivity index (χ1n) is 5.37. The average Bonchev–Trinajstić information content (AvgIpc) is 2.29. The Morgan fingerprint density at radius 3 is 2.76 bits per heavy atom. The van der Waals surface area contributed by atoms with Crippen LogP contribution < -0.4 is 15.4 Å². The van der Waals surface area contributed by atoms with Crippen LogP contribution in [0.2, 0.25) is 0 Å². The zero-order valence-corrected chi connectivity index (χ0v) is 10.2. The molecule has 1 atom stereocenters. The Kier molecular flexibility index (Phi) is 4.90. The molecule has 1 unspecified atom stereocenters. The molecule has 0 fully saturated rings. The van der Waals surface area contributed by atoms with Crippen molar-refractivity contribution in [2.24, 2.45) is 5.92 Å². The summed E-state index contributed by atoms with van der Waals surface area (Å²) in [7, 11) is 3.17. The van der Waals surface area contributed by atoms with Crippen molar-refractivity contribution in [3.8, 4) is 5.75 Å². The van der Waals surface area contributed by atoms with Gasteiger partial charge in [0.05, 0.1) is 7.11 Å². The number of benzene rings is 1. The standard InChI is InChI=1S/C12H17FN2O2/c1-8(7-14-2)12(16)15-9-4-5-11(17-3)10(13)6-9/h4-6,8,14H,7H2,1-3H3,(H,15,16). The Labute approximate surface area is 100 Å². The summed E-state index contributed by atoms with van der Waals surface area (Å²) in [6.07, 6.45) is 0. The molecule has 1 aromatic rings. The predicted octanol–water partition coefficient (Wildman–Crippen LogP) is 1.63. The number of methoxy groups -OCH3 is 1. The zero-order chi connectivity index (χ0) is 12.8. The van der Waals surface area contributed by atoms with Crippen LogP contribution in [0.4, 0.5) is 10.1 Å². The molecule has 2 N–H and O–H groups in total. The maximum Gasteiger partial charge on any atom is 0.228 e. The molecule has 0 spiro atoms. The maximum absolute atomic E-state index is 13.4. The van der Waals surface area contributed by atoms with Crippen molar-refractivity contribution in [3.63, 3.8) is 0 Å². The van der Waals surface area contributed by atoms with Crippen LogP contribution in [0.5, 0.6) is 5.75 Å². The maximum atomic E-state index is 13.4. The van der Waals surface area contributed by atoms with Crippen LogP contribution in [0, 0.1) is 11.7 Å².